The largest absolute Gasteiger partial charge is 0.379 e. The van der Waals surface area contributed by atoms with Gasteiger partial charge >= 0.3 is 0 Å². The number of rotatable bonds is 9. The van der Waals surface area contributed by atoms with Crippen molar-refractivity contribution < 1.29 is 28.7 Å². The quantitative estimate of drug-likeness (QED) is 0.336. The Morgan fingerprint density at radius 1 is 1.03 bits per heavy atom. The Kier molecular flexibility index (Phi) is 14.2. The second kappa shape index (κ2) is 17.6. The van der Waals surface area contributed by atoms with Crippen LogP contribution in [0.3, 0.4) is 0 Å². The van der Waals surface area contributed by atoms with Gasteiger partial charge in [-0.15, -0.1) is 0 Å². The number of allylic oxidation sites excluding steroid dienone is 2. The fourth-order valence-electron chi connectivity index (χ4n) is 5.27. The molecule has 0 aromatic heterocycles. The average Bonchev–Trinajstić information content (AvgIpc) is 2.94. The second-order valence-electron chi connectivity index (χ2n) is 11.2. The minimum absolute atomic E-state index is 0.00450. The predicted molar refractivity (Wildman–Crippen MR) is 148 cm³/mol. The molecule has 3 rings (SSSR count). The number of hydroxylamine groups is 1. The van der Waals surface area contributed by atoms with Crippen LogP contribution in [-0.2, 0) is 28.7 Å². The van der Waals surface area contributed by atoms with Crippen molar-refractivity contribution >= 4 is 17.7 Å². The van der Waals surface area contributed by atoms with E-state index < -0.39 is 18.2 Å². The molecule has 2 fully saturated rings. The van der Waals surface area contributed by atoms with Crippen molar-refractivity contribution in [2.75, 3.05) is 52.5 Å². The molecule has 222 valence electrons. The summed E-state index contributed by atoms with van der Waals surface area (Å²) in [6.45, 7) is 10.2. The first-order chi connectivity index (χ1) is 18.9. The van der Waals surface area contributed by atoms with Gasteiger partial charge in [0.05, 0.1) is 13.2 Å². The maximum atomic E-state index is 13.7. The molecule has 10 heteroatoms. The predicted octanol–water partition coefficient (Wildman–Crippen LogP) is 2.78. The van der Waals surface area contributed by atoms with Gasteiger partial charge in [-0.2, -0.15) is 0 Å². The monoisotopic (exact) mass is 550 g/mol. The molecule has 3 aliphatic rings. The highest BCUT2D eigenvalue weighted by Gasteiger charge is 2.32. The van der Waals surface area contributed by atoms with Crippen molar-refractivity contribution in [3.05, 3.63) is 12.2 Å². The molecular formula is C29H50N4O6. The van der Waals surface area contributed by atoms with Crippen LogP contribution in [0.5, 0.6) is 0 Å². The molecule has 0 spiro atoms. The molecule has 0 radical (unpaired) electrons. The lowest BCUT2D eigenvalue weighted by atomic mass is 9.94. The van der Waals surface area contributed by atoms with E-state index in [-0.39, 0.29) is 30.1 Å². The molecule has 0 aromatic carbocycles. The zero-order chi connectivity index (χ0) is 27.9. The van der Waals surface area contributed by atoms with Gasteiger partial charge in [-0.25, -0.2) is 10.3 Å². The van der Waals surface area contributed by atoms with Crippen LogP contribution >= 0.6 is 0 Å². The van der Waals surface area contributed by atoms with Crippen LogP contribution < -0.4 is 10.8 Å². The molecule has 3 aliphatic heterocycles. The number of ether oxygens (including phenoxy) is 2. The van der Waals surface area contributed by atoms with Gasteiger partial charge in [-0.05, 0) is 57.3 Å². The summed E-state index contributed by atoms with van der Waals surface area (Å²) >= 11 is 0. The highest BCUT2D eigenvalue weighted by Crippen LogP contribution is 2.18. The Labute approximate surface area is 234 Å². The Morgan fingerprint density at radius 2 is 1.79 bits per heavy atom. The van der Waals surface area contributed by atoms with Crippen LogP contribution in [0.15, 0.2) is 12.2 Å². The molecule has 10 nitrogen and oxygen atoms in total. The van der Waals surface area contributed by atoms with Gasteiger partial charge in [0.2, 0.25) is 17.7 Å². The Morgan fingerprint density at radius 3 is 2.51 bits per heavy atom. The number of hydrogen-bond acceptors (Lipinski definition) is 7. The molecule has 39 heavy (non-hydrogen) atoms. The van der Waals surface area contributed by atoms with Crippen LogP contribution in [0, 0.1) is 11.8 Å². The van der Waals surface area contributed by atoms with Crippen molar-refractivity contribution in [3.8, 4) is 0 Å². The Bertz CT molecular complexity index is 780. The number of carbonyl (C=O) groups is 3. The molecule has 0 aromatic rings. The van der Waals surface area contributed by atoms with Crippen molar-refractivity contribution in [2.24, 2.45) is 11.8 Å². The molecule has 0 saturated carbocycles. The first-order valence-electron chi connectivity index (χ1n) is 15.0. The molecule has 3 heterocycles. The van der Waals surface area contributed by atoms with Gasteiger partial charge in [0.15, 0.2) is 6.29 Å². The fraction of sp³-hybridized carbons (Fsp3) is 0.828. The van der Waals surface area contributed by atoms with E-state index in [2.05, 4.69) is 27.8 Å². The molecule has 0 aliphatic carbocycles. The molecular weight excluding hydrogens is 500 g/mol. The molecule has 2 saturated heterocycles. The topological polar surface area (TPSA) is 109 Å². The number of amides is 3. The van der Waals surface area contributed by atoms with Crippen LogP contribution in [0.25, 0.3) is 0 Å². The van der Waals surface area contributed by atoms with Crippen LogP contribution in [0.4, 0.5) is 0 Å². The maximum absolute atomic E-state index is 13.7. The fourth-order valence-corrected chi connectivity index (χ4v) is 5.27. The zero-order valence-electron chi connectivity index (χ0n) is 24.0. The van der Waals surface area contributed by atoms with E-state index in [1.807, 2.05) is 18.7 Å². The van der Waals surface area contributed by atoms with Crippen LogP contribution in [0.2, 0.25) is 0 Å². The maximum Gasteiger partial charge on any atom is 0.245 e. The lowest BCUT2D eigenvalue weighted by molar-refractivity contribution is -0.200. The standard InChI is InChI=1S/C29H50N4O6/c1-23(2)27-29(36)33(16-11-14-32-17-20-37-21-18-32)15-9-6-4-3-5-7-12-24(28(35)30-27)22-25(34)31-39-26-13-8-10-19-38-26/h3-4,23-24,26-27H,5-22H2,1-2H3,(H,30,35)(H,31,34)/b4-3+. The van der Waals surface area contributed by atoms with E-state index in [1.54, 1.807) is 0 Å². The highest BCUT2D eigenvalue weighted by atomic mass is 16.8. The van der Waals surface area contributed by atoms with Crippen LogP contribution in [-0.4, -0.2) is 92.4 Å². The smallest absolute Gasteiger partial charge is 0.245 e. The summed E-state index contributed by atoms with van der Waals surface area (Å²) in [5.41, 5.74) is 2.48. The second-order valence-corrected chi connectivity index (χ2v) is 11.2. The van der Waals surface area contributed by atoms with Gasteiger partial charge < -0.3 is 19.7 Å². The van der Waals surface area contributed by atoms with E-state index in [4.69, 9.17) is 14.3 Å². The summed E-state index contributed by atoms with van der Waals surface area (Å²) in [7, 11) is 0. The lowest BCUT2D eigenvalue weighted by Gasteiger charge is -2.32. The minimum atomic E-state index is -0.628. The van der Waals surface area contributed by atoms with Crippen LogP contribution in [0.1, 0.15) is 78.1 Å². The van der Waals surface area contributed by atoms with Gasteiger partial charge in [0.25, 0.3) is 0 Å². The van der Waals surface area contributed by atoms with Crippen molar-refractivity contribution in [2.45, 2.75) is 90.4 Å². The van der Waals surface area contributed by atoms with Crippen molar-refractivity contribution in [3.63, 3.8) is 0 Å². The molecule has 2 N–H and O–H groups in total. The summed E-state index contributed by atoms with van der Waals surface area (Å²) in [5, 5.41) is 3.03. The lowest BCUT2D eigenvalue weighted by Crippen LogP contribution is -2.53. The van der Waals surface area contributed by atoms with E-state index >= 15 is 0 Å². The van der Waals surface area contributed by atoms with Crippen molar-refractivity contribution in [1.29, 1.82) is 0 Å². The van der Waals surface area contributed by atoms with Gasteiger partial charge in [0, 0.05) is 58.1 Å². The van der Waals surface area contributed by atoms with E-state index in [0.29, 0.717) is 26.1 Å². The third-order valence-electron chi connectivity index (χ3n) is 7.68. The molecule has 0 bridgehead atoms. The van der Waals surface area contributed by atoms with Gasteiger partial charge in [0.1, 0.15) is 6.04 Å². The number of nitrogens with one attached hydrogen (secondary N) is 2. The normalized spacial score (nSPS) is 27.6. The minimum Gasteiger partial charge on any atom is -0.379 e. The highest BCUT2D eigenvalue weighted by molar-refractivity contribution is 5.90. The van der Waals surface area contributed by atoms with E-state index in [9.17, 15) is 14.4 Å². The SMILES string of the molecule is CC(C)C1NC(=O)C(CC(=O)NOC2CCCCO2)CCC/C=C/CCCN(CCCN2CCOCC2)C1=O. The third-order valence-corrected chi connectivity index (χ3v) is 7.68. The number of nitrogens with zero attached hydrogens (tertiary/aromatic N) is 2. The van der Waals surface area contributed by atoms with Gasteiger partial charge in [-0.3, -0.25) is 19.3 Å². The Hall–Kier alpha value is -2.01. The molecule has 3 unspecified atom stereocenters. The molecule has 3 amide bonds. The number of carbonyl (C=O) groups excluding carboxylic acids is 3. The summed E-state index contributed by atoms with van der Waals surface area (Å²) in [5.74, 6) is -1.25. The number of hydrogen-bond donors (Lipinski definition) is 2. The number of morpholine rings is 1. The summed E-state index contributed by atoms with van der Waals surface area (Å²) < 4.78 is 10.9. The third kappa shape index (κ3) is 11.6. The molecule has 3 atom stereocenters. The zero-order valence-corrected chi connectivity index (χ0v) is 24.0. The summed E-state index contributed by atoms with van der Waals surface area (Å²) in [6, 6.07) is -0.628. The Balaban J connectivity index is 1.62. The van der Waals surface area contributed by atoms with Crippen molar-refractivity contribution in [1.82, 2.24) is 20.6 Å². The van der Waals surface area contributed by atoms with Gasteiger partial charge in [-0.1, -0.05) is 26.0 Å². The first kappa shape index (κ1) is 31.5. The first-order valence-corrected chi connectivity index (χ1v) is 15.0. The summed E-state index contributed by atoms with van der Waals surface area (Å²) in [4.78, 5) is 49.6. The van der Waals surface area contributed by atoms with E-state index in [0.717, 1.165) is 84.2 Å². The summed E-state index contributed by atoms with van der Waals surface area (Å²) in [6.07, 6.45) is 11.5. The van der Waals surface area contributed by atoms with E-state index in [1.165, 1.54) is 0 Å². The average molecular weight is 551 g/mol.